The van der Waals surface area contributed by atoms with Crippen molar-refractivity contribution < 1.29 is 19.1 Å². The van der Waals surface area contributed by atoms with Crippen molar-refractivity contribution in [3.05, 3.63) is 48.5 Å². The highest BCUT2D eigenvalue weighted by Gasteiger charge is 2.43. The first-order valence-corrected chi connectivity index (χ1v) is 12.3. The molecule has 2 aromatic rings. The van der Waals surface area contributed by atoms with Gasteiger partial charge in [0.25, 0.3) is 5.91 Å². The number of rotatable bonds is 10. The molecule has 0 aromatic heterocycles. The van der Waals surface area contributed by atoms with Gasteiger partial charge in [-0.15, -0.1) is 0 Å². The summed E-state index contributed by atoms with van der Waals surface area (Å²) < 4.78 is 11.1. The summed E-state index contributed by atoms with van der Waals surface area (Å²) in [5, 5.41) is 0. The molecule has 7 nitrogen and oxygen atoms in total. The lowest BCUT2D eigenvalue weighted by molar-refractivity contribution is -0.123. The topological polar surface area (TPSA) is 62.3 Å². The monoisotopic (exact) mass is 465 g/mol. The summed E-state index contributed by atoms with van der Waals surface area (Å²) in [5.74, 6) is 1.33. The summed E-state index contributed by atoms with van der Waals surface area (Å²) in [6.45, 7) is 5.95. The van der Waals surface area contributed by atoms with E-state index in [1.807, 2.05) is 30.3 Å². The average Bonchev–Trinajstić information content (AvgIpc) is 3.18. The lowest BCUT2D eigenvalue weighted by Gasteiger charge is -2.38. The second-order valence-corrected chi connectivity index (χ2v) is 8.91. The number of imide groups is 1. The molecule has 2 saturated heterocycles. The van der Waals surface area contributed by atoms with E-state index in [9.17, 15) is 9.59 Å². The summed E-state index contributed by atoms with van der Waals surface area (Å²) in [6.07, 6.45) is 4.85. The van der Waals surface area contributed by atoms with Gasteiger partial charge >= 0.3 is 0 Å². The molecule has 0 spiro atoms. The molecule has 2 aromatic carbocycles. The maximum absolute atomic E-state index is 13.2. The normalized spacial score (nSPS) is 19.1. The average molecular weight is 466 g/mol. The number of unbranched alkanes of at least 4 members (excludes halogenated alkanes) is 3. The molecule has 182 valence electrons. The number of methoxy groups -OCH3 is 1. The van der Waals surface area contributed by atoms with Crippen molar-refractivity contribution >= 4 is 23.2 Å². The van der Waals surface area contributed by atoms with Crippen LogP contribution in [0.5, 0.6) is 11.5 Å². The van der Waals surface area contributed by atoms with Crippen LogP contribution < -0.4 is 19.3 Å². The largest absolute Gasteiger partial charge is 0.497 e. The van der Waals surface area contributed by atoms with Crippen LogP contribution in [-0.4, -0.2) is 62.7 Å². The smallest absolute Gasteiger partial charge is 0.251 e. The van der Waals surface area contributed by atoms with Crippen molar-refractivity contribution in [2.75, 3.05) is 49.7 Å². The zero-order chi connectivity index (χ0) is 23.9. The summed E-state index contributed by atoms with van der Waals surface area (Å²) in [4.78, 5) is 31.8. The summed E-state index contributed by atoms with van der Waals surface area (Å²) in [5.41, 5.74) is 1.73. The third kappa shape index (κ3) is 5.53. The van der Waals surface area contributed by atoms with E-state index in [1.165, 1.54) is 24.2 Å². The Hall–Kier alpha value is -3.06. The van der Waals surface area contributed by atoms with Gasteiger partial charge in [0, 0.05) is 37.9 Å². The fourth-order valence-corrected chi connectivity index (χ4v) is 4.68. The zero-order valence-electron chi connectivity index (χ0n) is 20.2. The number of hydrogen-bond donors (Lipinski definition) is 0. The first kappa shape index (κ1) is 24.1. The standard InChI is InChI=1S/C27H35N3O4/c1-3-4-5-6-18-34-23-12-10-21(11-13-23)30-26(31)20-25(27(30)32)29-16-14-28(15-17-29)22-8-7-9-24(19-22)33-2/h7-13,19,25H,3-6,14-18,20H2,1-2H3/t25-/m0/s1. The first-order valence-electron chi connectivity index (χ1n) is 12.3. The Bertz CT molecular complexity index is 970. The fourth-order valence-electron chi connectivity index (χ4n) is 4.68. The zero-order valence-corrected chi connectivity index (χ0v) is 20.2. The van der Waals surface area contributed by atoms with Crippen molar-refractivity contribution in [3.8, 4) is 11.5 Å². The lowest BCUT2D eigenvalue weighted by Crippen LogP contribution is -2.52. The molecule has 7 heteroatoms. The molecule has 1 atom stereocenters. The highest BCUT2D eigenvalue weighted by atomic mass is 16.5. The highest BCUT2D eigenvalue weighted by molar-refractivity contribution is 6.22. The third-order valence-electron chi connectivity index (χ3n) is 6.66. The van der Waals surface area contributed by atoms with Crippen molar-refractivity contribution in [1.82, 2.24) is 4.90 Å². The number of carbonyl (C=O) groups excluding carboxylic acids is 2. The van der Waals surface area contributed by atoms with Crippen LogP contribution in [0.15, 0.2) is 48.5 Å². The molecular formula is C27H35N3O4. The molecule has 2 aliphatic rings. The number of nitrogens with zero attached hydrogens (tertiary/aromatic N) is 3. The van der Waals surface area contributed by atoms with Crippen LogP contribution in [-0.2, 0) is 9.59 Å². The van der Waals surface area contributed by atoms with Crippen LogP contribution in [0.4, 0.5) is 11.4 Å². The lowest BCUT2D eigenvalue weighted by atomic mass is 10.1. The molecule has 34 heavy (non-hydrogen) atoms. The van der Waals surface area contributed by atoms with Crippen LogP contribution >= 0.6 is 0 Å². The number of ether oxygens (including phenoxy) is 2. The summed E-state index contributed by atoms with van der Waals surface area (Å²) in [7, 11) is 1.67. The minimum Gasteiger partial charge on any atom is -0.497 e. The molecule has 2 fully saturated rings. The van der Waals surface area contributed by atoms with Gasteiger partial charge in [-0.05, 0) is 42.8 Å². The van der Waals surface area contributed by atoms with Gasteiger partial charge in [-0.3, -0.25) is 14.5 Å². The second-order valence-electron chi connectivity index (χ2n) is 8.91. The van der Waals surface area contributed by atoms with Crippen LogP contribution in [0.3, 0.4) is 0 Å². The maximum Gasteiger partial charge on any atom is 0.251 e. The Balaban J connectivity index is 1.32. The highest BCUT2D eigenvalue weighted by Crippen LogP contribution is 2.29. The van der Waals surface area contributed by atoms with E-state index in [1.54, 1.807) is 19.2 Å². The van der Waals surface area contributed by atoms with Crippen molar-refractivity contribution in [2.45, 2.75) is 45.1 Å². The molecule has 2 aliphatic heterocycles. The minimum atomic E-state index is -0.394. The predicted octanol–water partition coefficient (Wildman–Crippen LogP) is 4.11. The van der Waals surface area contributed by atoms with Gasteiger partial charge in [0.15, 0.2) is 0 Å². The number of benzene rings is 2. The van der Waals surface area contributed by atoms with E-state index in [0.29, 0.717) is 12.3 Å². The maximum atomic E-state index is 13.2. The molecule has 0 aliphatic carbocycles. The number of anilines is 2. The van der Waals surface area contributed by atoms with Gasteiger partial charge in [-0.2, -0.15) is 0 Å². The van der Waals surface area contributed by atoms with Gasteiger partial charge in [0.2, 0.25) is 5.91 Å². The summed E-state index contributed by atoms with van der Waals surface area (Å²) in [6, 6.07) is 14.9. The van der Waals surface area contributed by atoms with Gasteiger partial charge in [0.05, 0.1) is 31.9 Å². The van der Waals surface area contributed by atoms with E-state index in [4.69, 9.17) is 9.47 Å². The SMILES string of the molecule is CCCCCCOc1ccc(N2C(=O)C[C@H](N3CCN(c4cccc(OC)c4)CC3)C2=O)cc1. The van der Waals surface area contributed by atoms with Gasteiger partial charge in [-0.25, -0.2) is 4.90 Å². The van der Waals surface area contributed by atoms with E-state index >= 15 is 0 Å². The molecule has 0 unspecified atom stereocenters. The Labute approximate surface area is 202 Å². The number of carbonyl (C=O) groups is 2. The molecule has 0 radical (unpaired) electrons. The molecule has 4 rings (SSSR count). The minimum absolute atomic E-state index is 0.131. The Morgan fingerprint density at radius 3 is 2.35 bits per heavy atom. The number of hydrogen-bond acceptors (Lipinski definition) is 6. The van der Waals surface area contributed by atoms with Crippen LogP contribution in [0.1, 0.15) is 39.0 Å². The van der Waals surface area contributed by atoms with Crippen LogP contribution in [0.25, 0.3) is 0 Å². The van der Waals surface area contributed by atoms with E-state index in [-0.39, 0.29) is 18.2 Å². The summed E-state index contributed by atoms with van der Waals surface area (Å²) >= 11 is 0. The second kappa shape index (κ2) is 11.4. The van der Waals surface area contributed by atoms with Crippen molar-refractivity contribution in [1.29, 1.82) is 0 Å². The van der Waals surface area contributed by atoms with Gasteiger partial charge in [0.1, 0.15) is 11.5 Å². The van der Waals surface area contributed by atoms with E-state index in [0.717, 1.165) is 49.8 Å². The number of amides is 2. The Morgan fingerprint density at radius 2 is 1.65 bits per heavy atom. The third-order valence-corrected chi connectivity index (χ3v) is 6.66. The van der Waals surface area contributed by atoms with Gasteiger partial charge in [-0.1, -0.05) is 32.3 Å². The van der Waals surface area contributed by atoms with Crippen LogP contribution in [0, 0.1) is 0 Å². The molecule has 2 heterocycles. The quantitative estimate of drug-likeness (QED) is 0.389. The van der Waals surface area contributed by atoms with Crippen molar-refractivity contribution in [3.63, 3.8) is 0 Å². The predicted molar refractivity (Wildman–Crippen MR) is 134 cm³/mol. The molecule has 2 amide bonds. The van der Waals surface area contributed by atoms with E-state index < -0.39 is 6.04 Å². The Morgan fingerprint density at radius 1 is 0.882 bits per heavy atom. The fraction of sp³-hybridized carbons (Fsp3) is 0.481. The number of piperazine rings is 1. The molecule has 0 bridgehead atoms. The first-order chi connectivity index (χ1) is 16.6. The molecule has 0 saturated carbocycles. The molecular weight excluding hydrogens is 430 g/mol. The van der Waals surface area contributed by atoms with Crippen LogP contribution in [0.2, 0.25) is 0 Å². The van der Waals surface area contributed by atoms with Crippen molar-refractivity contribution in [2.24, 2.45) is 0 Å². The van der Waals surface area contributed by atoms with Gasteiger partial charge < -0.3 is 14.4 Å². The molecule has 0 N–H and O–H groups in total. The van der Waals surface area contributed by atoms with E-state index in [2.05, 4.69) is 22.8 Å². The Kier molecular flexibility index (Phi) is 8.06.